The Kier molecular flexibility index (Phi) is 2.32. The van der Waals surface area contributed by atoms with Crippen LogP contribution in [0, 0.1) is 17.0 Å². The van der Waals surface area contributed by atoms with Gasteiger partial charge >= 0.3 is 5.82 Å². The van der Waals surface area contributed by atoms with E-state index in [1.54, 1.807) is 23.6 Å². The third kappa shape index (κ3) is 1.72. The SMILES string of the molecule is Cc1nc([N+](=O)[O-])cn1-c1ccc(O)cc1. The minimum atomic E-state index is -0.538. The van der Waals surface area contributed by atoms with E-state index in [1.807, 2.05) is 0 Å². The Morgan fingerprint density at radius 2 is 2.00 bits per heavy atom. The Balaban J connectivity index is 2.47. The second kappa shape index (κ2) is 3.65. The van der Waals surface area contributed by atoms with Crippen LogP contribution in [0.15, 0.2) is 30.5 Å². The van der Waals surface area contributed by atoms with Crippen molar-refractivity contribution in [2.24, 2.45) is 0 Å². The molecular weight excluding hydrogens is 210 g/mol. The van der Waals surface area contributed by atoms with Gasteiger partial charge in [0.05, 0.1) is 0 Å². The van der Waals surface area contributed by atoms with Crippen molar-refractivity contribution in [3.05, 3.63) is 46.4 Å². The number of hydrogen-bond acceptors (Lipinski definition) is 4. The normalized spacial score (nSPS) is 10.3. The van der Waals surface area contributed by atoms with Gasteiger partial charge in [-0.2, -0.15) is 0 Å². The van der Waals surface area contributed by atoms with Gasteiger partial charge in [0.2, 0.25) is 5.82 Å². The molecule has 1 heterocycles. The lowest BCUT2D eigenvalue weighted by Crippen LogP contribution is -1.94. The Morgan fingerprint density at radius 3 is 2.50 bits per heavy atom. The summed E-state index contributed by atoms with van der Waals surface area (Å²) in [5.74, 6) is 0.485. The monoisotopic (exact) mass is 219 g/mol. The van der Waals surface area contributed by atoms with E-state index in [1.165, 1.54) is 18.3 Å². The summed E-state index contributed by atoms with van der Waals surface area (Å²) >= 11 is 0. The molecule has 82 valence electrons. The van der Waals surface area contributed by atoms with Crippen LogP contribution < -0.4 is 0 Å². The molecule has 2 aromatic rings. The van der Waals surface area contributed by atoms with Crippen molar-refractivity contribution in [1.82, 2.24) is 9.55 Å². The average Bonchev–Trinajstić information content (AvgIpc) is 2.62. The molecule has 1 aromatic heterocycles. The number of nitrogens with zero attached hydrogens (tertiary/aromatic N) is 3. The van der Waals surface area contributed by atoms with Gasteiger partial charge in [0.25, 0.3) is 0 Å². The maximum Gasteiger partial charge on any atom is 0.382 e. The van der Waals surface area contributed by atoms with Crippen molar-refractivity contribution in [2.45, 2.75) is 6.92 Å². The van der Waals surface area contributed by atoms with E-state index in [9.17, 15) is 10.1 Å². The first-order valence-electron chi connectivity index (χ1n) is 4.58. The number of imidazole rings is 1. The fourth-order valence-corrected chi connectivity index (χ4v) is 1.42. The van der Waals surface area contributed by atoms with E-state index < -0.39 is 4.92 Å². The molecular formula is C10H9N3O3. The molecule has 1 aromatic carbocycles. The number of phenols is 1. The van der Waals surface area contributed by atoms with Crippen molar-refractivity contribution in [3.63, 3.8) is 0 Å². The zero-order chi connectivity index (χ0) is 11.7. The molecule has 0 aliphatic carbocycles. The number of aromatic nitrogens is 2. The Labute approximate surface area is 90.9 Å². The molecule has 0 aliphatic rings. The summed E-state index contributed by atoms with van der Waals surface area (Å²) < 4.78 is 1.59. The number of nitro groups is 1. The van der Waals surface area contributed by atoms with Gasteiger partial charge in [-0.1, -0.05) is 0 Å². The Hall–Kier alpha value is -2.37. The number of benzene rings is 1. The highest BCUT2D eigenvalue weighted by Gasteiger charge is 2.15. The Bertz CT molecular complexity index is 531. The van der Waals surface area contributed by atoms with E-state index >= 15 is 0 Å². The zero-order valence-corrected chi connectivity index (χ0v) is 8.49. The summed E-state index contributed by atoms with van der Waals surface area (Å²) in [7, 11) is 0. The minimum Gasteiger partial charge on any atom is -0.508 e. The van der Waals surface area contributed by atoms with E-state index in [2.05, 4.69) is 4.98 Å². The molecule has 16 heavy (non-hydrogen) atoms. The van der Waals surface area contributed by atoms with Crippen LogP contribution in [-0.2, 0) is 0 Å². The topological polar surface area (TPSA) is 81.2 Å². The van der Waals surface area contributed by atoms with E-state index in [0.29, 0.717) is 5.82 Å². The molecule has 0 atom stereocenters. The van der Waals surface area contributed by atoms with Gasteiger partial charge in [0.15, 0.2) is 0 Å². The smallest absolute Gasteiger partial charge is 0.382 e. The van der Waals surface area contributed by atoms with Crippen molar-refractivity contribution < 1.29 is 10.0 Å². The molecule has 0 aliphatic heterocycles. The van der Waals surface area contributed by atoms with Crippen LogP contribution in [0.25, 0.3) is 5.69 Å². The molecule has 0 saturated carbocycles. The summed E-state index contributed by atoms with van der Waals surface area (Å²) in [5.41, 5.74) is 0.718. The summed E-state index contributed by atoms with van der Waals surface area (Å²) in [6.45, 7) is 1.68. The quantitative estimate of drug-likeness (QED) is 0.616. The standard InChI is InChI=1S/C10H9N3O3/c1-7-11-10(13(15)16)6-12(7)8-2-4-9(14)5-3-8/h2-6,14H,1H3. The van der Waals surface area contributed by atoms with Gasteiger partial charge in [0.1, 0.15) is 11.9 Å². The first kappa shape index (κ1) is 10.2. The van der Waals surface area contributed by atoms with Gasteiger partial charge in [-0.3, -0.25) is 4.57 Å². The molecule has 0 fully saturated rings. The molecule has 0 bridgehead atoms. The third-order valence-corrected chi connectivity index (χ3v) is 2.18. The summed E-state index contributed by atoms with van der Waals surface area (Å²) in [5, 5.41) is 19.7. The van der Waals surface area contributed by atoms with Crippen molar-refractivity contribution >= 4 is 5.82 Å². The van der Waals surface area contributed by atoms with Crippen LogP contribution in [0.4, 0.5) is 5.82 Å². The fourth-order valence-electron chi connectivity index (χ4n) is 1.42. The Morgan fingerprint density at radius 1 is 1.38 bits per heavy atom. The predicted octanol–water partition coefficient (Wildman–Crippen LogP) is 1.79. The molecule has 0 radical (unpaired) electrons. The number of rotatable bonds is 2. The summed E-state index contributed by atoms with van der Waals surface area (Å²) in [6, 6.07) is 6.35. The highest BCUT2D eigenvalue weighted by molar-refractivity contribution is 5.39. The van der Waals surface area contributed by atoms with Gasteiger partial charge in [-0.25, -0.2) is 0 Å². The summed E-state index contributed by atoms with van der Waals surface area (Å²) in [6.07, 6.45) is 1.35. The number of aryl methyl sites for hydroxylation is 1. The van der Waals surface area contributed by atoms with Crippen LogP contribution in [0.1, 0.15) is 5.82 Å². The average molecular weight is 219 g/mol. The zero-order valence-electron chi connectivity index (χ0n) is 8.49. The molecule has 6 nitrogen and oxygen atoms in total. The molecule has 0 spiro atoms. The number of hydrogen-bond donors (Lipinski definition) is 1. The van der Waals surface area contributed by atoms with Crippen LogP contribution in [0.3, 0.4) is 0 Å². The third-order valence-electron chi connectivity index (χ3n) is 2.18. The largest absolute Gasteiger partial charge is 0.508 e. The molecule has 6 heteroatoms. The van der Waals surface area contributed by atoms with Gasteiger partial charge in [0, 0.05) is 12.6 Å². The first-order chi connectivity index (χ1) is 7.58. The summed E-state index contributed by atoms with van der Waals surface area (Å²) in [4.78, 5) is 13.8. The lowest BCUT2D eigenvalue weighted by molar-refractivity contribution is -0.389. The van der Waals surface area contributed by atoms with Crippen LogP contribution in [0.2, 0.25) is 0 Å². The molecule has 0 saturated heterocycles. The maximum atomic E-state index is 10.5. The second-order valence-electron chi connectivity index (χ2n) is 3.29. The molecule has 1 N–H and O–H groups in total. The number of phenolic OH excluding ortho intramolecular Hbond substituents is 1. The maximum absolute atomic E-state index is 10.5. The van der Waals surface area contributed by atoms with Crippen LogP contribution in [0.5, 0.6) is 5.75 Å². The highest BCUT2D eigenvalue weighted by atomic mass is 16.6. The molecule has 0 amide bonds. The minimum absolute atomic E-state index is 0.149. The number of aromatic hydroxyl groups is 1. The van der Waals surface area contributed by atoms with Crippen LogP contribution >= 0.6 is 0 Å². The second-order valence-corrected chi connectivity index (χ2v) is 3.29. The molecule has 0 unspecified atom stereocenters. The van der Waals surface area contributed by atoms with E-state index in [-0.39, 0.29) is 11.6 Å². The van der Waals surface area contributed by atoms with Gasteiger partial charge in [-0.05, 0) is 34.2 Å². The van der Waals surface area contributed by atoms with E-state index in [4.69, 9.17) is 5.11 Å². The van der Waals surface area contributed by atoms with Crippen LogP contribution in [-0.4, -0.2) is 19.6 Å². The van der Waals surface area contributed by atoms with Crippen molar-refractivity contribution in [3.8, 4) is 11.4 Å². The van der Waals surface area contributed by atoms with Gasteiger partial charge < -0.3 is 15.2 Å². The highest BCUT2D eigenvalue weighted by Crippen LogP contribution is 2.18. The fraction of sp³-hybridized carbons (Fsp3) is 0.100. The lowest BCUT2D eigenvalue weighted by atomic mass is 10.3. The predicted molar refractivity (Wildman–Crippen MR) is 56.6 cm³/mol. The van der Waals surface area contributed by atoms with E-state index in [0.717, 1.165) is 5.69 Å². The first-order valence-corrected chi connectivity index (χ1v) is 4.58. The van der Waals surface area contributed by atoms with Gasteiger partial charge in [-0.15, -0.1) is 0 Å². The van der Waals surface area contributed by atoms with Crippen molar-refractivity contribution in [2.75, 3.05) is 0 Å². The lowest BCUT2D eigenvalue weighted by Gasteiger charge is -2.01. The molecule has 2 rings (SSSR count). The van der Waals surface area contributed by atoms with Crippen molar-refractivity contribution in [1.29, 1.82) is 0 Å².